The molecular weight excluding hydrogens is 212 g/mol. The number of halogens is 1. The molecule has 0 radical (unpaired) electrons. The van der Waals surface area contributed by atoms with Gasteiger partial charge in [0, 0.05) is 0 Å². The van der Waals surface area contributed by atoms with E-state index in [4.69, 9.17) is 11.5 Å². The zero-order valence-corrected chi connectivity index (χ0v) is 7.61. The fourth-order valence-corrected chi connectivity index (χ4v) is 0.577. The first-order valence-electron chi connectivity index (χ1n) is 2.90. The molecular formula is C4H11BrN6. The van der Waals surface area contributed by atoms with Crippen LogP contribution >= 0.6 is 17.0 Å². The van der Waals surface area contributed by atoms with Gasteiger partial charge in [-0.15, -0.1) is 22.1 Å². The summed E-state index contributed by atoms with van der Waals surface area (Å²) in [5, 5.41) is 5.26. The van der Waals surface area contributed by atoms with Crippen molar-refractivity contribution in [3.63, 3.8) is 0 Å². The average Bonchev–Trinajstić information content (AvgIpc) is 2.34. The maximum atomic E-state index is 5.06. The Bertz CT molecular complexity index is 162. The van der Waals surface area contributed by atoms with Gasteiger partial charge in [0.1, 0.15) is 6.34 Å². The Hall–Kier alpha value is -0.980. The molecule has 64 valence electrons. The molecule has 0 saturated heterocycles. The highest BCUT2D eigenvalue weighted by molar-refractivity contribution is 8.93. The third-order valence-electron chi connectivity index (χ3n) is 0.999. The standard InChI is InChI=1S/C4H10N6.BrH/c5-4(6)8-9-10-2-1-7-3-10;/h3,9H,1-2H2,(H4,5,6,8);1H. The predicted molar refractivity (Wildman–Crippen MR) is 49.3 cm³/mol. The number of hydrazone groups is 1. The van der Waals surface area contributed by atoms with Gasteiger partial charge in [-0.05, 0) is 0 Å². The van der Waals surface area contributed by atoms with Gasteiger partial charge in [0.25, 0.3) is 0 Å². The predicted octanol–water partition coefficient (Wildman–Crippen LogP) is -1.40. The molecule has 0 fully saturated rings. The normalized spacial score (nSPS) is 14.0. The van der Waals surface area contributed by atoms with Gasteiger partial charge >= 0.3 is 0 Å². The largest absolute Gasteiger partial charge is 0.369 e. The Morgan fingerprint density at radius 3 is 2.82 bits per heavy atom. The highest BCUT2D eigenvalue weighted by Crippen LogP contribution is 1.86. The minimum atomic E-state index is 0. The van der Waals surface area contributed by atoms with Gasteiger partial charge in [-0.3, -0.25) is 10.0 Å². The Labute approximate surface area is 75.1 Å². The molecule has 0 spiro atoms. The number of guanidine groups is 1. The van der Waals surface area contributed by atoms with E-state index >= 15 is 0 Å². The van der Waals surface area contributed by atoms with E-state index in [-0.39, 0.29) is 22.9 Å². The summed E-state index contributed by atoms with van der Waals surface area (Å²) < 4.78 is 0. The molecule has 0 atom stereocenters. The summed E-state index contributed by atoms with van der Waals surface area (Å²) in [5.74, 6) is 0.0142. The second-order valence-electron chi connectivity index (χ2n) is 1.85. The molecule has 0 aromatic rings. The number of hydrogen-bond donors (Lipinski definition) is 3. The van der Waals surface area contributed by atoms with Gasteiger partial charge in [-0.1, -0.05) is 0 Å². The lowest BCUT2D eigenvalue weighted by Gasteiger charge is -2.10. The molecule has 6 nitrogen and oxygen atoms in total. The van der Waals surface area contributed by atoms with Gasteiger partial charge in [0.15, 0.2) is 0 Å². The molecule has 0 aliphatic carbocycles. The summed E-state index contributed by atoms with van der Waals surface area (Å²) >= 11 is 0. The second-order valence-corrected chi connectivity index (χ2v) is 1.85. The number of nitrogens with one attached hydrogen (secondary N) is 1. The van der Waals surface area contributed by atoms with Crippen molar-refractivity contribution in [2.45, 2.75) is 0 Å². The summed E-state index contributed by atoms with van der Waals surface area (Å²) in [5.41, 5.74) is 12.7. The highest BCUT2D eigenvalue weighted by Gasteiger charge is 2.01. The molecule has 1 aliphatic heterocycles. The first-order chi connectivity index (χ1) is 4.79. The molecule has 1 rings (SSSR count). The van der Waals surface area contributed by atoms with E-state index < -0.39 is 0 Å². The number of hydrogen-bond acceptors (Lipinski definition) is 4. The molecule has 0 amide bonds. The third kappa shape index (κ3) is 3.66. The zero-order valence-electron chi connectivity index (χ0n) is 5.90. The third-order valence-corrected chi connectivity index (χ3v) is 0.999. The first-order valence-corrected chi connectivity index (χ1v) is 2.90. The highest BCUT2D eigenvalue weighted by atomic mass is 79.9. The maximum absolute atomic E-state index is 5.06. The second kappa shape index (κ2) is 4.78. The van der Waals surface area contributed by atoms with Crippen molar-refractivity contribution in [2.24, 2.45) is 21.6 Å². The van der Waals surface area contributed by atoms with Crippen molar-refractivity contribution in [2.75, 3.05) is 13.1 Å². The zero-order chi connectivity index (χ0) is 7.40. The molecule has 5 N–H and O–H groups in total. The molecule has 11 heavy (non-hydrogen) atoms. The minimum absolute atomic E-state index is 0. The number of nitrogens with two attached hydrogens (primary N) is 2. The smallest absolute Gasteiger partial charge is 0.210 e. The van der Waals surface area contributed by atoms with Crippen LogP contribution < -0.4 is 17.0 Å². The van der Waals surface area contributed by atoms with E-state index in [1.165, 1.54) is 0 Å². The molecule has 0 aromatic carbocycles. The van der Waals surface area contributed by atoms with Crippen molar-refractivity contribution in [3.8, 4) is 0 Å². The molecule has 0 aromatic heterocycles. The van der Waals surface area contributed by atoms with Crippen LogP contribution in [0.25, 0.3) is 0 Å². The first kappa shape index (κ1) is 10.0. The summed E-state index contributed by atoms with van der Waals surface area (Å²) in [6.07, 6.45) is 1.65. The topological polar surface area (TPSA) is 92.0 Å². The van der Waals surface area contributed by atoms with E-state index in [0.29, 0.717) is 0 Å². The number of rotatable bonds is 2. The van der Waals surface area contributed by atoms with Gasteiger partial charge in [-0.2, -0.15) is 0 Å². The minimum Gasteiger partial charge on any atom is -0.369 e. The quantitative estimate of drug-likeness (QED) is 0.305. The molecule has 0 saturated carbocycles. The Kier molecular flexibility index (Phi) is 4.35. The molecule has 7 heteroatoms. The fraction of sp³-hybridized carbons (Fsp3) is 0.500. The van der Waals surface area contributed by atoms with Crippen LogP contribution in [0.5, 0.6) is 0 Å². The van der Waals surface area contributed by atoms with Crippen molar-refractivity contribution in [3.05, 3.63) is 0 Å². The summed E-state index contributed by atoms with van der Waals surface area (Å²) in [7, 11) is 0. The van der Waals surface area contributed by atoms with Crippen LogP contribution in [0.2, 0.25) is 0 Å². The average molecular weight is 223 g/mol. The van der Waals surface area contributed by atoms with Crippen molar-refractivity contribution >= 4 is 29.3 Å². The summed E-state index contributed by atoms with van der Waals surface area (Å²) in [4.78, 5) is 3.93. The van der Waals surface area contributed by atoms with Gasteiger partial charge in [0.05, 0.1) is 13.1 Å². The number of nitrogens with zero attached hydrogens (tertiary/aromatic N) is 3. The van der Waals surface area contributed by atoms with E-state index in [1.54, 1.807) is 11.3 Å². The monoisotopic (exact) mass is 222 g/mol. The Morgan fingerprint density at radius 2 is 2.36 bits per heavy atom. The van der Waals surface area contributed by atoms with Crippen LogP contribution in [0.1, 0.15) is 0 Å². The lowest BCUT2D eigenvalue weighted by Crippen LogP contribution is -2.35. The number of aliphatic imine (C=N–C) groups is 1. The van der Waals surface area contributed by atoms with Crippen molar-refractivity contribution in [1.82, 2.24) is 10.5 Å². The van der Waals surface area contributed by atoms with Crippen LogP contribution in [0.3, 0.4) is 0 Å². The Morgan fingerprint density at radius 1 is 1.64 bits per heavy atom. The molecule has 1 aliphatic rings. The van der Waals surface area contributed by atoms with Crippen LogP contribution in [0.15, 0.2) is 10.1 Å². The van der Waals surface area contributed by atoms with Crippen LogP contribution in [0, 0.1) is 0 Å². The summed E-state index contributed by atoms with van der Waals surface area (Å²) in [6.45, 7) is 1.59. The Balaban J connectivity index is 0.000001000. The van der Waals surface area contributed by atoms with E-state index in [0.717, 1.165) is 13.1 Å². The lowest BCUT2D eigenvalue weighted by molar-refractivity contribution is 0.353. The van der Waals surface area contributed by atoms with Gasteiger partial charge < -0.3 is 11.5 Å². The van der Waals surface area contributed by atoms with Crippen LogP contribution in [-0.2, 0) is 0 Å². The fourth-order valence-electron chi connectivity index (χ4n) is 0.577. The van der Waals surface area contributed by atoms with E-state index in [1.807, 2.05) is 0 Å². The van der Waals surface area contributed by atoms with E-state index in [2.05, 4.69) is 15.6 Å². The van der Waals surface area contributed by atoms with Crippen molar-refractivity contribution in [1.29, 1.82) is 0 Å². The van der Waals surface area contributed by atoms with Gasteiger partial charge in [0.2, 0.25) is 5.96 Å². The molecule has 1 heterocycles. The summed E-state index contributed by atoms with van der Waals surface area (Å²) in [6, 6.07) is 0. The number of hydrazine groups is 1. The van der Waals surface area contributed by atoms with Crippen LogP contribution in [0.4, 0.5) is 0 Å². The molecule has 0 bridgehead atoms. The van der Waals surface area contributed by atoms with Crippen LogP contribution in [-0.4, -0.2) is 30.4 Å². The van der Waals surface area contributed by atoms with E-state index in [9.17, 15) is 0 Å². The maximum Gasteiger partial charge on any atom is 0.210 e. The lowest BCUT2D eigenvalue weighted by atomic mass is 10.7. The molecule has 0 unspecified atom stereocenters. The van der Waals surface area contributed by atoms with Crippen molar-refractivity contribution < 1.29 is 0 Å². The SMILES string of the molecule is Br.NC(N)=NNN1C=NCC1. The van der Waals surface area contributed by atoms with Gasteiger partial charge in [-0.25, -0.2) is 5.53 Å².